The third-order valence-electron chi connectivity index (χ3n) is 1.53. The molecular formula is C8H17NO2. The number of carbonyl (C=O) groups excluding carboxylic acids is 1. The quantitative estimate of drug-likeness (QED) is 0.623. The molecule has 1 unspecified atom stereocenters. The molecule has 0 heterocycles. The SMILES string of the molecule is CC(C)(C)C(=O)CC(O)CN. The van der Waals surface area contributed by atoms with Crippen molar-refractivity contribution in [3.63, 3.8) is 0 Å². The Hall–Kier alpha value is -0.410. The zero-order valence-corrected chi connectivity index (χ0v) is 7.42. The van der Waals surface area contributed by atoms with E-state index in [4.69, 9.17) is 10.8 Å². The molecule has 0 fully saturated rings. The fourth-order valence-electron chi connectivity index (χ4n) is 0.604. The minimum absolute atomic E-state index is 0.0513. The molecule has 0 amide bonds. The molecule has 0 aliphatic carbocycles. The van der Waals surface area contributed by atoms with E-state index >= 15 is 0 Å². The smallest absolute Gasteiger partial charge is 0.140 e. The Labute approximate surface area is 67.6 Å². The first-order valence-corrected chi connectivity index (χ1v) is 3.79. The summed E-state index contributed by atoms with van der Waals surface area (Å²) in [6.07, 6.45) is -0.512. The predicted molar refractivity (Wildman–Crippen MR) is 44.1 cm³/mol. The fourth-order valence-corrected chi connectivity index (χ4v) is 0.604. The van der Waals surface area contributed by atoms with Crippen LogP contribution in [0.1, 0.15) is 27.2 Å². The summed E-state index contributed by atoms with van der Waals surface area (Å²) in [5.74, 6) is 0.0513. The predicted octanol–water partition coefficient (Wildman–Crippen LogP) is 0.311. The molecule has 1 atom stereocenters. The van der Waals surface area contributed by atoms with Crippen LogP contribution in [0.3, 0.4) is 0 Å². The maximum atomic E-state index is 11.2. The minimum Gasteiger partial charge on any atom is -0.391 e. The Morgan fingerprint density at radius 1 is 1.55 bits per heavy atom. The highest BCUT2D eigenvalue weighted by Crippen LogP contribution is 2.17. The van der Waals surface area contributed by atoms with Crippen LogP contribution in [0, 0.1) is 5.41 Å². The van der Waals surface area contributed by atoms with Crippen LogP contribution in [0.5, 0.6) is 0 Å². The second kappa shape index (κ2) is 3.83. The van der Waals surface area contributed by atoms with E-state index in [-0.39, 0.29) is 24.2 Å². The summed E-state index contributed by atoms with van der Waals surface area (Å²) in [5.41, 5.74) is 4.80. The standard InChI is InChI=1S/C8H17NO2/c1-8(2,3)7(11)4-6(10)5-9/h6,10H,4-5,9H2,1-3H3. The maximum absolute atomic E-state index is 11.2. The molecule has 3 nitrogen and oxygen atoms in total. The molecule has 0 aliphatic rings. The number of hydrogen-bond donors (Lipinski definition) is 2. The first-order chi connectivity index (χ1) is 4.88. The van der Waals surface area contributed by atoms with Gasteiger partial charge in [-0.3, -0.25) is 4.79 Å². The van der Waals surface area contributed by atoms with E-state index in [2.05, 4.69) is 0 Å². The van der Waals surface area contributed by atoms with Gasteiger partial charge in [0.25, 0.3) is 0 Å². The van der Waals surface area contributed by atoms with Crippen LogP contribution in [0.4, 0.5) is 0 Å². The lowest BCUT2D eigenvalue weighted by atomic mass is 9.88. The van der Waals surface area contributed by atoms with Crippen LogP contribution >= 0.6 is 0 Å². The number of aliphatic hydroxyl groups is 1. The van der Waals surface area contributed by atoms with Crippen LogP contribution in [-0.2, 0) is 4.79 Å². The van der Waals surface area contributed by atoms with Gasteiger partial charge in [0.05, 0.1) is 6.10 Å². The topological polar surface area (TPSA) is 63.3 Å². The van der Waals surface area contributed by atoms with Crippen molar-refractivity contribution in [3.8, 4) is 0 Å². The van der Waals surface area contributed by atoms with Crippen molar-refractivity contribution in [1.82, 2.24) is 0 Å². The average molecular weight is 159 g/mol. The molecular weight excluding hydrogens is 142 g/mol. The van der Waals surface area contributed by atoms with Gasteiger partial charge in [0, 0.05) is 18.4 Å². The van der Waals surface area contributed by atoms with Gasteiger partial charge in [-0.05, 0) is 0 Å². The summed E-state index contributed by atoms with van der Waals surface area (Å²) in [6.45, 7) is 5.65. The molecule has 66 valence electrons. The van der Waals surface area contributed by atoms with E-state index in [0.29, 0.717) is 0 Å². The first-order valence-electron chi connectivity index (χ1n) is 3.79. The molecule has 3 heteroatoms. The normalized spacial score (nSPS) is 14.6. The number of carbonyl (C=O) groups is 1. The lowest BCUT2D eigenvalue weighted by Gasteiger charge is -2.18. The van der Waals surface area contributed by atoms with E-state index in [1.165, 1.54) is 0 Å². The number of nitrogens with two attached hydrogens (primary N) is 1. The summed E-state index contributed by atoms with van der Waals surface area (Å²) in [6, 6.07) is 0. The molecule has 0 aromatic rings. The third kappa shape index (κ3) is 4.11. The highest BCUT2D eigenvalue weighted by molar-refractivity contribution is 5.84. The van der Waals surface area contributed by atoms with Crippen LogP contribution in [0.25, 0.3) is 0 Å². The van der Waals surface area contributed by atoms with Crippen molar-refractivity contribution in [2.45, 2.75) is 33.3 Å². The molecule has 3 N–H and O–H groups in total. The van der Waals surface area contributed by atoms with Crippen molar-refractivity contribution >= 4 is 5.78 Å². The van der Waals surface area contributed by atoms with Gasteiger partial charge >= 0.3 is 0 Å². The van der Waals surface area contributed by atoms with Crippen LogP contribution < -0.4 is 5.73 Å². The number of hydrogen-bond acceptors (Lipinski definition) is 3. The Balaban J connectivity index is 3.88. The lowest BCUT2D eigenvalue weighted by molar-refractivity contribution is -0.128. The highest BCUT2D eigenvalue weighted by atomic mass is 16.3. The minimum atomic E-state index is -0.679. The Kier molecular flexibility index (Phi) is 3.69. The zero-order chi connectivity index (χ0) is 9.07. The highest BCUT2D eigenvalue weighted by Gasteiger charge is 2.22. The monoisotopic (exact) mass is 159 g/mol. The van der Waals surface area contributed by atoms with Gasteiger partial charge in [-0.1, -0.05) is 20.8 Å². The van der Waals surface area contributed by atoms with Crippen LogP contribution in [-0.4, -0.2) is 23.5 Å². The van der Waals surface area contributed by atoms with Crippen molar-refractivity contribution in [2.75, 3.05) is 6.54 Å². The average Bonchev–Trinajstić information content (AvgIpc) is 1.85. The Morgan fingerprint density at radius 2 is 2.00 bits per heavy atom. The van der Waals surface area contributed by atoms with Gasteiger partial charge in [0.1, 0.15) is 5.78 Å². The lowest BCUT2D eigenvalue weighted by Crippen LogP contribution is -2.29. The van der Waals surface area contributed by atoms with Gasteiger partial charge in [0.15, 0.2) is 0 Å². The van der Waals surface area contributed by atoms with Gasteiger partial charge in [-0.25, -0.2) is 0 Å². The Bertz CT molecular complexity index is 138. The molecule has 0 radical (unpaired) electrons. The van der Waals surface area contributed by atoms with Gasteiger partial charge in [-0.15, -0.1) is 0 Å². The number of aliphatic hydroxyl groups excluding tert-OH is 1. The van der Waals surface area contributed by atoms with Gasteiger partial charge in [0.2, 0.25) is 0 Å². The van der Waals surface area contributed by atoms with E-state index in [1.54, 1.807) is 0 Å². The summed E-state index contributed by atoms with van der Waals surface area (Å²) >= 11 is 0. The molecule has 0 rings (SSSR count). The number of Topliss-reactive ketones (excluding diaryl/α,β-unsaturated/α-hetero) is 1. The van der Waals surface area contributed by atoms with Crippen LogP contribution in [0.15, 0.2) is 0 Å². The van der Waals surface area contributed by atoms with Crippen molar-refractivity contribution in [3.05, 3.63) is 0 Å². The molecule has 0 spiro atoms. The summed E-state index contributed by atoms with van der Waals surface area (Å²) < 4.78 is 0. The van der Waals surface area contributed by atoms with E-state index in [1.807, 2.05) is 20.8 Å². The van der Waals surface area contributed by atoms with E-state index in [9.17, 15) is 4.79 Å². The van der Waals surface area contributed by atoms with E-state index in [0.717, 1.165) is 0 Å². The molecule has 0 aromatic heterocycles. The summed E-state index contributed by atoms with van der Waals surface area (Å²) in [5, 5.41) is 9.05. The first kappa shape index (κ1) is 10.6. The fraction of sp³-hybridized carbons (Fsp3) is 0.875. The van der Waals surface area contributed by atoms with Crippen molar-refractivity contribution < 1.29 is 9.90 Å². The van der Waals surface area contributed by atoms with Gasteiger partial charge < -0.3 is 10.8 Å². The van der Waals surface area contributed by atoms with Crippen molar-refractivity contribution in [2.24, 2.45) is 11.1 Å². The molecule has 0 saturated heterocycles. The third-order valence-corrected chi connectivity index (χ3v) is 1.53. The molecule has 0 saturated carbocycles. The molecule has 0 bridgehead atoms. The molecule has 11 heavy (non-hydrogen) atoms. The molecule has 0 aromatic carbocycles. The van der Waals surface area contributed by atoms with Gasteiger partial charge in [-0.2, -0.15) is 0 Å². The number of ketones is 1. The zero-order valence-electron chi connectivity index (χ0n) is 7.42. The largest absolute Gasteiger partial charge is 0.391 e. The molecule has 0 aliphatic heterocycles. The second-order valence-electron chi connectivity index (χ2n) is 3.77. The maximum Gasteiger partial charge on any atom is 0.140 e. The van der Waals surface area contributed by atoms with Crippen LogP contribution in [0.2, 0.25) is 0 Å². The number of rotatable bonds is 3. The van der Waals surface area contributed by atoms with Crippen molar-refractivity contribution in [1.29, 1.82) is 0 Å². The Morgan fingerprint density at radius 3 is 2.27 bits per heavy atom. The second-order valence-corrected chi connectivity index (χ2v) is 3.77. The summed E-state index contributed by atoms with van der Waals surface area (Å²) in [7, 11) is 0. The van der Waals surface area contributed by atoms with E-state index < -0.39 is 6.10 Å². The summed E-state index contributed by atoms with van der Waals surface area (Å²) in [4.78, 5) is 11.2.